The number of amides is 1. The van der Waals surface area contributed by atoms with Crippen molar-refractivity contribution in [2.45, 2.75) is 25.3 Å². The molecular weight excluding hydrogens is 444 g/mol. The van der Waals surface area contributed by atoms with Gasteiger partial charge in [0.2, 0.25) is 5.91 Å². The van der Waals surface area contributed by atoms with Crippen molar-refractivity contribution in [3.8, 4) is 17.2 Å². The third-order valence-corrected chi connectivity index (χ3v) is 6.35. The highest BCUT2D eigenvalue weighted by Gasteiger charge is 2.34. The number of methoxy groups -OCH3 is 1. The first-order chi connectivity index (χ1) is 17.0. The summed E-state index contributed by atoms with van der Waals surface area (Å²) in [4.78, 5) is 24.0. The second kappa shape index (κ2) is 9.54. The summed E-state index contributed by atoms with van der Waals surface area (Å²) in [7, 11) is 1.32. The Morgan fingerprint density at radius 1 is 1.00 bits per heavy atom. The molecule has 0 saturated heterocycles. The minimum absolute atomic E-state index is 0.213. The molecule has 1 aromatic heterocycles. The number of hydrogen-bond acceptors (Lipinski definition) is 5. The first-order valence-electron chi connectivity index (χ1n) is 11.5. The normalized spacial score (nSPS) is 14.5. The zero-order valence-electron chi connectivity index (χ0n) is 19.4. The minimum Gasteiger partial charge on any atom is -0.481 e. The number of fused-ring (bicyclic) bond motifs is 3. The summed E-state index contributed by atoms with van der Waals surface area (Å²) in [5, 5.41) is 0.824. The number of carbonyl (C=O) groups excluding carboxylic acids is 2. The smallest absolute Gasteiger partial charge is 0.343 e. The van der Waals surface area contributed by atoms with Crippen molar-refractivity contribution in [1.82, 2.24) is 4.57 Å². The minimum atomic E-state index is -0.472. The van der Waals surface area contributed by atoms with Crippen LogP contribution in [0.15, 0.2) is 72.8 Å². The number of esters is 1. The fourth-order valence-corrected chi connectivity index (χ4v) is 4.82. The van der Waals surface area contributed by atoms with Crippen LogP contribution in [-0.4, -0.2) is 30.2 Å². The summed E-state index contributed by atoms with van der Waals surface area (Å²) in [5.74, 6) is 0.831. The van der Waals surface area contributed by atoms with Crippen molar-refractivity contribution >= 4 is 22.8 Å². The second-order valence-corrected chi connectivity index (χ2v) is 8.52. The molecule has 0 aliphatic heterocycles. The summed E-state index contributed by atoms with van der Waals surface area (Å²) < 4.78 is 18.8. The highest BCUT2D eigenvalue weighted by molar-refractivity contribution is 5.97. The predicted molar refractivity (Wildman–Crippen MR) is 132 cm³/mol. The van der Waals surface area contributed by atoms with Gasteiger partial charge in [-0.2, -0.15) is 0 Å². The Hall–Kier alpha value is -4.26. The molecule has 1 atom stereocenters. The molecule has 7 heteroatoms. The molecule has 0 spiro atoms. The van der Waals surface area contributed by atoms with Gasteiger partial charge in [-0.15, -0.1) is 0 Å². The van der Waals surface area contributed by atoms with E-state index in [1.165, 1.54) is 7.11 Å². The van der Waals surface area contributed by atoms with E-state index >= 15 is 0 Å². The second-order valence-electron chi connectivity index (χ2n) is 8.52. The summed E-state index contributed by atoms with van der Waals surface area (Å²) in [6.07, 6.45) is 1.38. The van der Waals surface area contributed by atoms with Crippen molar-refractivity contribution in [3.63, 3.8) is 0 Å². The molecule has 1 unspecified atom stereocenters. The zero-order chi connectivity index (χ0) is 24.4. The Labute approximate surface area is 203 Å². The molecule has 7 nitrogen and oxygen atoms in total. The predicted octanol–water partition coefficient (Wildman–Crippen LogP) is 4.55. The third kappa shape index (κ3) is 4.45. The molecule has 0 fully saturated rings. The Kier molecular flexibility index (Phi) is 6.14. The fraction of sp³-hybridized carbons (Fsp3) is 0.214. The molecule has 1 aliphatic carbocycles. The average Bonchev–Trinajstić information content (AvgIpc) is 3.43. The first-order valence-corrected chi connectivity index (χ1v) is 11.5. The topological polar surface area (TPSA) is 92.8 Å². The van der Waals surface area contributed by atoms with E-state index in [0.717, 1.165) is 45.6 Å². The Morgan fingerprint density at radius 3 is 2.54 bits per heavy atom. The number of nitrogens with two attached hydrogens (primary N) is 1. The van der Waals surface area contributed by atoms with E-state index in [4.69, 9.17) is 19.9 Å². The van der Waals surface area contributed by atoms with Gasteiger partial charge in [0.05, 0.1) is 18.5 Å². The van der Waals surface area contributed by atoms with Crippen LogP contribution in [0.2, 0.25) is 0 Å². The monoisotopic (exact) mass is 470 g/mol. The average molecular weight is 471 g/mol. The van der Waals surface area contributed by atoms with Crippen molar-refractivity contribution in [2.75, 3.05) is 13.7 Å². The van der Waals surface area contributed by atoms with E-state index in [1.807, 2.05) is 66.7 Å². The van der Waals surface area contributed by atoms with Gasteiger partial charge in [-0.05, 0) is 60.4 Å². The molecule has 1 aliphatic rings. The van der Waals surface area contributed by atoms with Crippen LogP contribution < -0.4 is 15.2 Å². The number of benzene rings is 3. The van der Waals surface area contributed by atoms with Crippen molar-refractivity contribution < 1.29 is 23.8 Å². The Balaban J connectivity index is 1.54. The van der Waals surface area contributed by atoms with E-state index in [9.17, 15) is 9.59 Å². The molecule has 3 aromatic carbocycles. The number of rotatable bonds is 8. The first kappa shape index (κ1) is 22.5. The van der Waals surface area contributed by atoms with E-state index < -0.39 is 11.9 Å². The van der Waals surface area contributed by atoms with Crippen LogP contribution in [0.25, 0.3) is 10.9 Å². The van der Waals surface area contributed by atoms with Crippen molar-refractivity contribution in [1.29, 1.82) is 0 Å². The van der Waals surface area contributed by atoms with E-state index in [2.05, 4.69) is 4.57 Å². The van der Waals surface area contributed by atoms with Gasteiger partial charge in [0.1, 0.15) is 17.2 Å². The van der Waals surface area contributed by atoms with Crippen LogP contribution in [-0.2, 0) is 27.3 Å². The lowest BCUT2D eigenvalue weighted by Crippen LogP contribution is -2.19. The Morgan fingerprint density at radius 2 is 1.77 bits per heavy atom. The van der Waals surface area contributed by atoms with E-state index in [0.29, 0.717) is 18.7 Å². The fourth-order valence-electron chi connectivity index (χ4n) is 4.82. The van der Waals surface area contributed by atoms with Gasteiger partial charge in [-0.25, -0.2) is 4.79 Å². The van der Waals surface area contributed by atoms with Gasteiger partial charge in [-0.3, -0.25) is 4.79 Å². The quantitative estimate of drug-likeness (QED) is 0.382. The van der Waals surface area contributed by atoms with Gasteiger partial charge in [-0.1, -0.05) is 36.4 Å². The number of ether oxygens (including phenoxy) is 3. The molecule has 0 bridgehead atoms. The molecule has 5 rings (SSSR count). The van der Waals surface area contributed by atoms with Gasteiger partial charge >= 0.3 is 5.97 Å². The van der Waals surface area contributed by atoms with Crippen LogP contribution in [0.4, 0.5) is 0 Å². The maximum atomic E-state index is 12.3. The lowest BCUT2D eigenvalue weighted by atomic mass is 9.99. The number of aromatic nitrogens is 1. The number of carbonyl (C=O) groups is 2. The summed E-state index contributed by atoms with van der Waals surface area (Å²) in [5.41, 5.74) is 9.71. The molecule has 4 aromatic rings. The standard InChI is InChI=1S/C28H26N2O5/c1-33-25(31)17-34-24-12-6-11-22-27(24)26-21(28(29)32)13-14-23(26)30(22)16-18-7-5-10-20(15-18)35-19-8-3-2-4-9-19/h2-12,15,21H,13-14,16-17H2,1H3,(H2,29,32). The molecule has 35 heavy (non-hydrogen) atoms. The largest absolute Gasteiger partial charge is 0.481 e. The number of primary amides is 1. The van der Waals surface area contributed by atoms with Gasteiger partial charge in [0.25, 0.3) is 0 Å². The highest BCUT2D eigenvalue weighted by atomic mass is 16.6. The lowest BCUT2D eigenvalue weighted by Gasteiger charge is -2.13. The summed E-state index contributed by atoms with van der Waals surface area (Å²) in [6, 6.07) is 23.3. The lowest BCUT2D eigenvalue weighted by molar-refractivity contribution is -0.142. The summed E-state index contributed by atoms with van der Waals surface area (Å²) >= 11 is 0. The molecule has 1 amide bonds. The van der Waals surface area contributed by atoms with Crippen molar-refractivity contribution in [2.24, 2.45) is 5.73 Å². The van der Waals surface area contributed by atoms with Crippen LogP contribution in [0.3, 0.4) is 0 Å². The maximum absolute atomic E-state index is 12.3. The Bertz CT molecular complexity index is 1390. The number of nitrogens with zero attached hydrogens (tertiary/aromatic N) is 1. The van der Waals surface area contributed by atoms with Crippen LogP contribution in [0.1, 0.15) is 29.2 Å². The third-order valence-electron chi connectivity index (χ3n) is 6.35. The number of para-hydroxylation sites is 1. The highest BCUT2D eigenvalue weighted by Crippen LogP contribution is 2.44. The molecule has 1 heterocycles. The van der Waals surface area contributed by atoms with Crippen LogP contribution in [0, 0.1) is 0 Å². The number of hydrogen-bond donors (Lipinski definition) is 1. The van der Waals surface area contributed by atoms with Crippen LogP contribution >= 0.6 is 0 Å². The molecule has 0 radical (unpaired) electrons. The molecule has 2 N–H and O–H groups in total. The van der Waals surface area contributed by atoms with Gasteiger partial charge < -0.3 is 24.5 Å². The maximum Gasteiger partial charge on any atom is 0.343 e. The zero-order valence-corrected chi connectivity index (χ0v) is 19.4. The molecule has 178 valence electrons. The SMILES string of the molecule is COC(=O)COc1cccc2c1c1c(n2Cc2cccc(Oc3ccccc3)c2)CCC1C(N)=O. The van der Waals surface area contributed by atoms with E-state index in [1.54, 1.807) is 6.07 Å². The summed E-state index contributed by atoms with van der Waals surface area (Å²) in [6.45, 7) is 0.374. The van der Waals surface area contributed by atoms with Crippen molar-refractivity contribution in [3.05, 3.63) is 89.6 Å². The van der Waals surface area contributed by atoms with Gasteiger partial charge in [0.15, 0.2) is 6.61 Å². The molecular formula is C28H26N2O5. The molecule has 0 saturated carbocycles. The van der Waals surface area contributed by atoms with Gasteiger partial charge in [0, 0.05) is 17.6 Å². The van der Waals surface area contributed by atoms with E-state index in [-0.39, 0.29) is 12.5 Å². The van der Waals surface area contributed by atoms with Crippen LogP contribution in [0.5, 0.6) is 17.2 Å².